The lowest BCUT2D eigenvalue weighted by atomic mass is 9.83. The standard InChI is InChI=1S/C16H21IO2/c17-13-5-4-6-14(11-13)18-12-15-7-10-16(19-15)8-2-1-3-9-16/h4-6,11,15H,1-3,7-10,12H2. The average molecular weight is 372 g/mol. The number of rotatable bonds is 3. The number of hydrogen-bond donors (Lipinski definition) is 0. The van der Waals surface area contributed by atoms with Crippen molar-refractivity contribution in [2.24, 2.45) is 0 Å². The molecule has 0 radical (unpaired) electrons. The summed E-state index contributed by atoms with van der Waals surface area (Å²) in [5, 5.41) is 0. The van der Waals surface area contributed by atoms with Crippen LogP contribution in [0.25, 0.3) is 0 Å². The first-order chi connectivity index (χ1) is 9.26. The Hall–Kier alpha value is -0.290. The highest BCUT2D eigenvalue weighted by molar-refractivity contribution is 14.1. The number of halogens is 1. The molecule has 1 unspecified atom stereocenters. The summed E-state index contributed by atoms with van der Waals surface area (Å²) in [5.41, 5.74) is 0.206. The van der Waals surface area contributed by atoms with Gasteiger partial charge in [0.25, 0.3) is 0 Å². The molecule has 1 saturated carbocycles. The van der Waals surface area contributed by atoms with E-state index in [0.717, 1.165) is 12.2 Å². The monoisotopic (exact) mass is 372 g/mol. The molecule has 1 aliphatic heterocycles. The quantitative estimate of drug-likeness (QED) is 0.725. The summed E-state index contributed by atoms with van der Waals surface area (Å²) in [6.45, 7) is 0.696. The summed E-state index contributed by atoms with van der Waals surface area (Å²) >= 11 is 2.31. The van der Waals surface area contributed by atoms with Crippen LogP contribution >= 0.6 is 22.6 Å². The van der Waals surface area contributed by atoms with E-state index in [0.29, 0.717) is 6.61 Å². The largest absolute Gasteiger partial charge is 0.491 e. The van der Waals surface area contributed by atoms with Crippen molar-refractivity contribution < 1.29 is 9.47 Å². The van der Waals surface area contributed by atoms with Gasteiger partial charge in [-0.25, -0.2) is 0 Å². The molecule has 0 bridgehead atoms. The maximum absolute atomic E-state index is 6.31. The summed E-state index contributed by atoms with van der Waals surface area (Å²) in [6.07, 6.45) is 9.25. The molecule has 1 spiro atoms. The van der Waals surface area contributed by atoms with Crippen molar-refractivity contribution in [3.8, 4) is 5.75 Å². The second kappa shape index (κ2) is 6.00. The van der Waals surface area contributed by atoms with Crippen molar-refractivity contribution in [2.45, 2.75) is 56.7 Å². The topological polar surface area (TPSA) is 18.5 Å². The van der Waals surface area contributed by atoms with Gasteiger partial charge in [0.15, 0.2) is 0 Å². The number of ether oxygens (including phenoxy) is 2. The lowest BCUT2D eigenvalue weighted by molar-refractivity contribution is -0.0748. The molecule has 104 valence electrons. The molecule has 1 aliphatic carbocycles. The maximum Gasteiger partial charge on any atom is 0.120 e. The average Bonchev–Trinajstić information content (AvgIpc) is 2.80. The van der Waals surface area contributed by atoms with Gasteiger partial charge in [0.05, 0.1) is 11.7 Å². The molecule has 0 N–H and O–H groups in total. The minimum Gasteiger partial charge on any atom is -0.491 e. The third-order valence-corrected chi connectivity index (χ3v) is 5.01. The van der Waals surface area contributed by atoms with Crippen LogP contribution in [0.4, 0.5) is 0 Å². The Morgan fingerprint density at radius 3 is 2.84 bits per heavy atom. The van der Waals surface area contributed by atoms with Gasteiger partial charge in [-0.2, -0.15) is 0 Å². The molecular weight excluding hydrogens is 351 g/mol. The highest BCUT2D eigenvalue weighted by Crippen LogP contribution is 2.41. The van der Waals surface area contributed by atoms with E-state index in [4.69, 9.17) is 9.47 Å². The highest BCUT2D eigenvalue weighted by atomic mass is 127. The van der Waals surface area contributed by atoms with Crippen LogP contribution < -0.4 is 4.74 Å². The van der Waals surface area contributed by atoms with E-state index in [9.17, 15) is 0 Å². The zero-order valence-corrected chi connectivity index (χ0v) is 13.4. The van der Waals surface area contributed by atoms with E-state index in [1.807, 2.05) is 12.1 Å². The Kier molecular flexibility index (Phi) is 4.32. The molecule has 1 aromatic rings. The molecule has 2 nitrogen and oxygen atoms in total. The molecule has 2 aliphatic rings. The van der Waals surface area contributed by atoms with Gasteiger partial charge in [-0.1, -0.05) is 25.3 Å². The van der Waals surface area contributed by atoms with Crippen LogP contribution in [0.5, 0.6) is 5.75 Å². The Bertz CT molecular complexity index is 427. The van der Waals surface area contributed by atoms with Crippen LogP contribution in [0.3, 0.4) is 0 Å². The van der Waals surface area contributed by atoms with Crippen molar-refractivity contribution >= 4 is 22.6 Å². The first kappa shape index (κ1) is 13.7. The van der Waals surface area contributed by atoms with Gasteiger partial charge < -0.3 is 9.47 Å². The van der Waals surface area contributed by atoms with E-state index in [-0.39, 0.29) is 11.7 Å². The normalized spacial score (nSPS) is 25.6. The Morgan fingerprint density at radius 2 is 2.05 bits per heavy atom. The van der Waals surface area contributed by atoms with Crippen molar-refractivity contribution in [2.75, 3.05) is 6.61 Å². The Morgan fingerprint density at radius 1 is 1.21 bits per heavy atom. The first-order valence-corrected chi connectivity index (χ1v) is 8.40. The smallest absolute Gasteiger partial charge is 0.120 e. The van der Waals surface area contributed by atoms with Gasteiger partial charge >= 0.3 is 0 Å². The Balaban J connectivity index is 1.52. The molecule has 1 saturated heterocycles. The van der Waals surface area contributed by atoms with Crippen molar-refractivity contribution in [3.05, 3.63) is 27.8 Å². The molecule has 1 aromatic carbocycles. The number of benzene rings is 1. The summed E-state index contributed by atoms with van der Waals surface area (Å²) in [6, 6.07) is 8.21. The second-order valence-electron chi connectivity index (χ2n) is 5.79. The second-order valence-corrected chi connectivity index (χ2v) is 7.04. The summed E-state index contributed by atoms with van der Waals surface area (Å²) in [7, 11) is 0. The Labute approximate surface area is 129 Å². The summed E-state index contributed by atoms with van der Waals surface area (Å²) in [4.78, 5) is 0. The van der Waals surface area contributed by atoms with Gasteiger partial charge in [0.2, 0.25) is 0 Å². The van der Waals surface area contributed by atoms with Crippen LogP contribution in [0, 0.1) is 3.57 Å². The summed E-state index contributed by atoms with van der Waals surface area (Å²) < 4.78 is 13.4. The molecule has 19 heavy (non-hydrogen) atoms. The number of hydrogen-bond acceptors (Lipinski definition) is 2. The van der Waals surface area contributed by atoms with Gasteiger partial charge in [-0.15, -0.1) is 0 Å². The van der Waals surface area contributed by atoms with Gasteiger partial charge in [0.1, 0.15) is 12.4 Å². The molecule has 3 rings (SSSR count). The van der Waals surface area contributed by atoms with Gasteiger partial charge in [0, 0.05) is 3.57 Å². The van der Waals surface area contributed by atoms with E-state index in [1.54, 1.807) is 0 Å². The van der Waals surface area contributed by atoms with E-state index < -0.39 is 0 Å². The van der Waals surface area contributed by atoms with Gasteiger partial charge in [-0.05, 0) is 66.5 Å². The molecule has 0 amide bonds. The maximum atomic E-state index is 6.31. The van der Waals surface area contributed by atoms with Crippen LogP contribution in [-0.4, -0.2) is 18.3 Å². The lowest BCUT2D eigenvalue weighted by Gasteiger charge is -2.33. The van der Waals surface area contributed by atoms with Crippen molar-refractivity contribution in [3.63, 3.8) is 0 Å². The van der Waals surface area contributed by atoms with Gasteiger partial charge in [-0.3, -0.25) is 0 Å². The fourth-order valence-electron chi connectivity index (χ4n) is 3.32. The molecule has 1 atom stereocenters. The van der Waals surface area contributed by atoms with Crippen LogP contribution in [0.1, 0.15) is 44.9 Å². The molecule has 2 fully saturated rings. The fourth-order valence-corrected chi connectivity index (χ4v) is 3.84. The fraction of sp³-hybridized carbons (Fsp3) is 0.625. The van der Waals surface area contributed by atoms with E-state index in [1.165, 1.54) is 42.1 Å². The minimum absolute atomic E-state index is 0.206. The predicted octanol–water partition coefficient (Wildman–Crippen LogP) is 4.55. The molecule has 0 aromatic heterocycles. The molecule has 1 heterocycles. The van der Waals surface area contributed by atoms with Crippen LogP contribution in [-0.2, 0) is 4.74 Å². The first-order valence-electron chi connectivity index (χ1n) is 7.32. The third-order valence-electron chi connectivity index (χ3n) is 4.34. The molecular formula is C16H21IO2. The predicted molar refractivity (Wildman–Crippen MR) is 84.6 cm³/mol. The van der Waals surface area contributed by atoms with Crippen molar-refractivity contribution in [1.29, 1.82) is 0 Å². The van der Waals surface area contributed by atoms with E-state index >= 15 is 0 Å². The SMILES string of the molecule is Ic1cccc(OCC2CCC3(CCCCC3)O2)c1. The highest BCUT2D eigenvalue weighted by Gasteiger charge is 2.40. The zero-order chi connectivity index (χ0) is 13.1. The third kappa shape index (κ3) is 3.43. The van der Waals surface area contributed by atoms with E-state index in [2.05, 4.69) is 34.7 Å². The van der Waals surface area contributed by atoms with Crippen molar-refractivity contribution in [1.82, 2.24) is 0 Å². The summed E-state index contributed by atoms with van der Waals surface area (Å²) in [5.74, 6) is 0.958. The van der Waals surface area contributed by atoms with Crippen LogP contribution in [0.15, 0.2) is 24.3 Å². The zero-order valence-electron chi connectivity index (χ0n) is 11.2. The molecule has 3 heteroatoms. The minimum atomic E-state index is 0.206. The lowest BCUT2D eigenvalue weighted by Crippen LogP contribution is -2.32. The van der Waals surface area contributed by atoms with Crippen LogP contribution in [0.2, 0.25) is 0 Å².